The van der Waals surface area contributed by atoms with Crippen LogP contribution >= 0.6 is 0 Å². The summed E-state index contributed by atoms with van der Waals surface area (Å²) in [6, 6.07) is 3.16. The lowest BCUT2D eigenvalue weighted by atomic mass is 9.65. The minimum atomic E-state index is -0.231. The number of ketones is 1. The van der Waals surface area contributed by atoms with Gasteiger partial charge in [-0.15, -0.1) is 0 Å². The number of Topliss-reactive ketones (excluding diaryl/α,β-unsaturated/α-hetero) is 1. The zero-order valence-corrected chi connectivity index (χ0v) is 14.9. The normalized spacial score (nSPS) is 23.5. The predicted molar refractivity (Wildman–Crippen MR) is 94.1 cm³/mol. The van der Waals surface area contributed by atoms with E-state index in [1.54, 1.807) is 24.5 Å². The molecule has 0 saturated carbocycles. The molecule has 5 heteroatoms. The van der Waals surface area contributed by atoms with Crippen LogP contribution in [-0.4, -0.2) is 22.7 Å². The third-order valence-corrected chi connectivity index (χ3v) is 4.68. The van der Waals surface area contributed by atoms with Crippen molar-refractivity contribution in [3.8, 4) is 0 Å². The smallest absolute Gasteiger partial charge is 0.265 e. The van der Waals surface area contributed by atoms with Crippen LogP contribution < -0.4 is 10.9 Å². The van der Waals surface area contributed by atoms with Crippen LogP contribution in [0.2, 0.25) is 0 Å². The van der Waals surface area contributed by atoms with Crippen molar-refractivity contribution in [1.82, 2.24) is 15.8 Å². The Bertz CT molecular complexity index is 610. The summed E-state index contributed by atoms with van der Waals surface area (Å²) in [6.07, 6.45) is 8.77. The molecule has 0 spiro atoms. The molecular weight excluding hydrogens is 302 g/mol. The summed E-state index contributed by atoms with van der Waals surface area (Å²) in [5, 5.41) is 0. The van der Waals surface area contributed by atoms with Crippen LogP contribution in [-0.2, 0) is 4.79 Å². The summed E-state index contributed by atoms with van der Waals surface area (Å²) in [7, 11) is 0. The summed E-state index contributed by atoms with van der Waals surface area (Å²) in [4.78, 5) is 28.6. The minimum Gasteiger partial charge on any atom is -0.299 e. The van der Waals surface area contributed by atoms with Crippen LogP contribution in [0.15, 0.2) is 36.7 Å². The second-order valence-corrected chi connectivity index (χ2v) is 7.36. The van der Waals surface area contributed by atoms with Crippen molar-refractivity contribution in [2.45, 2.75) is 46.6 Å². The van der Waals surface area contributed by atoms with Gasteiger partial charge in [0.2, 0.25) is 0 Å². The zero-order chi connectivity index (χ0) is 17.7. The van der Waals surface area contributed by atoms with E-state index in [0.29, 0.717) is 12.0 Å². The molecule has 0 aromatic carbocycles. The number of nitrogens with zero attached hydrogens (tertiary/aromatic N) is 1. The van der Waals surface area contributed by atoms with Crippen molar-refractivity contribution >= 4 is 11.7 Å². The van der Waals surface area contributed by atoms with Crippen molar-refractivity contribution in [1.29, 1.82) is 0 Å². The van der Waals surface area contributed by atoms with Gasteiger partial charge in [-0.2, -0.15) is 0 Å². The van der Waals surface area contributed by atoms with Crippen LogP contribution in [0.1, 0.15) is 50.9 Å². The zero-order valence-electron chi connectivity index (χ0n) is 14.9. The van der Waals surface area contributed by atoms with Crippen LogP contribution in [0.4, 0.5) is 0 Å². The standard InChI is InChI=1S/C19H27N3O2/c1-13-6-5-9-19(3,4)17(13)16(23)12-14(2)21-22-18(24)15-7-10-20-11-8-15/h5-8,10-11,13-14,17,21H,9,12H2,1-4H3,(H,22,24)/t13-,14-,17+/m0/s1. The third kappa shape index (κ3) is 4.51. The molecule has 0 saturated heterocycles. The second-order valence-electron chi connectivity index (χ2n) is 7.36. The number of hydrogen-bond acceptors (Lipinski definition) is 4. The first kappa shape index (κ1) is 18.3. The molecule has 1 heterocycles. The van der Waals surface area contributed by atoms with E-state index in [4.69, 9.17) is 0 Å². The number of carbonyl (C=O) groups excluding carboxylic acids is 2. The molecule has 24 heavy (non-hydrogen) atoms. The van der Waals surface area contributed by atoms with Gasteiger partial charge in [0, 0.05) is 36.3 Å². The van der Waals surface area contributed by atoms with Gasteiger partial charge in [0.1, 0.15) is 5.78 Å². The number of hydrogen-bond donors (Lipinski definition) is 2. The topological polar surface area (TPSA) is 71.1 Å². The van der Waals surface area contributed by atoms with Crippen molar-refractivity contribution in [2.24, 2.45) is 17.3 Å². The maximum Gasteiger partial charge on any atom is 0.265 e. The van der Waals surface area contributed by atoms with Gasteiger partial charge in [-0.25, -0.2) is 5.43 Å². The average Bonchev–Trinajstić information content (AvgIpc) is 2.52. The molecule has 1 aromatic rings. The molecule has 2 rings (SSSR count). The van der Waals surface area contributed by atoms with E-state index in [0.717, 1.165) is 6.42 Å². The largest absolute Gasteiger partial charge is 0.299 e. The molecule has 0 unspecified atom stereocenters. The number of hydrazine groups is 1. The van der Waals surface area contributed by atoms with Gasteiger partial charge in [-0.3, -0.25) is 20.0 Å². The first-order chi connectivity index (χ1) is 11.3. The number of rotatable bonds is 6. The molecule has 1 amide bonds. The molecule has 1 aliphatic rings. The number of nitrogens with one attached hydrogen (secondary N) is 2. The Balaban J connectivity index is 1.88. The van der Waals surface area contributed by atoms with Crippen LogP contribution in [0.3, 0.4) is 0 Å². The minimum absolute atomic E-state index is 0.0163. The summed E-state index contributed by atoms with van der Waals surface area (Å²) in [5.74, 6) is 0.281. The van der Waals surface area contributed by atoms with Crippen LogP contribution in [0.5, 0.6) is 0 Å². The lowest BCUT2D eigenvalue weighted by Crippen LogP contribution is -2.46. The van der Waals surface area contributed by atoms with E-state index >= 15 is 0 Å². The van der Waals surface area contributed by atoms with E-state index in [9.17, 15) is 9.59 Å². The Morgan fingerprint density at radius 3 is 2.62 bits per heavy atom. The average molecular weight is 329 g/mol. The highest BCUT2D eigenvalue weighted by molar-refractivity contribution is 5.93. The highest BCUT2D eigenvalue weighted by atomic mass is 16.2. The molecule has 0 fully saturated rings. The van der Waals surface area contributed by atoms with E-state index in [2.05, 4.69) is 48.8 Å². The lowest BCUT2D eigenvalue weighted by molar-refractivity contribution is -0.128. The van der Waals surface area contributed by atoms with Gasteiger partial charge < -0.3 is 0 Å². The highest BCUT2D eigenvalue weighted by Crippen LogP contribution is 2.41. The fraction of sp³-hybridized carbons (Fsp3) is 0.526. The van der Waals surface area contributed by atoms with Gasteiger partial charge in [0.15, 0.2) is 0 Å². The van der Waals surface area contributed by atoms with Crippen LogP contribution in [0, 0.1) is 17.3 Å². The Kier molecular flexibility index (Phi) is 5.89. The predicted octanol–water partition coefficient (Wildman–Crippen LogP) is 2.90. The molecule has 130 valence electrons. The second kappa shape index (κ2) is 7.71. The highest BCUT2D eigenvalue weighted by Gasteiger charge is 2.39. The van der Waals surface area contributed by atoms with Gasteiger partial charge in [-0.1, -0.05) is 32.9 Å². The molecule has 0 radical (unpaired) electrons. The van der Waals surface area contributed by atoms with Crippen molar-refractivity contribution in [2.75, 3.05) is 0 Å². The fourth-order valence-corrected chi connectivity index (χ4v) is 3.51. The molecule has 1 aliphatic carbocycles. The number of pyridine rings is 1. The number of carbonyl (C=O) groups is 2. The molecule has 1 aromatic heterocycles. The number of amides is 1. The van der Waals surface area contributed by atoms with Crippen molar-refractivity contribution < 1.29 is 9.59 Å². The first-order valence-electron chi connectivity index (χ1n) is 8.46. The maximum atomic E-state index is 12.8. The first-order valence-corrected chi connectivity index (χ1v) is 8.46. The van der Waals surface area contributed by atoms with Crippen molar-refractivity contribution in [3.05, 3.63) is 42.2 Å². The summed E-state index contributed by atoms with van der Waals surface area (Å²) in [5.41, 5.74) is 6.10. The molecule has 0 bridgehead atoms. The van der Waals surface area contributed by atoms with E-state index in [1.807, 2.05) is 6.92 Å². The summed E-state index contributed by atoms with van der Waals surface area (Å²) in [6.45, 7) is 8.31. The molecule has 2 N–H and O–H groups in total. The Hall–Kier alpha value is -2.01. The lowest BCUT2D eigenvalue weighted by Gasteiger charge is -2.39. The molecule has 0 aliphatic heterocycles. The van der Waals surface area contributed by atoms with E-state index in [-0.39, 0.29) is 35.0 Å². The van der Waals surface area contributed by atoms with Crippen LogP contribution in [0.25, 0.3) is 0 Å². The number of aromatic nitrogens is 1. The number of allylic oxidation sites excluding steroid dienone is 2. The van der Waals surface area contributed by atoms with Gasteiger partial charge in [-0.05, 0) is 36.8 Å². The van der Waals surface area contributed by atoms with Gasteiger partial charge in [0.25, 0.3) is 5.91 Å². The quantitative estimate of drug-likeness (QED) is 0.622. The van der Waals surface area contributed by atoms with E-state index in [1.165, 1.54) is 0 Å². The Labute approximate surface area is 143 Å². The molecule has 5 nitrogen and oxygen atoms in total. The van der Waals surface area contributed by atoms with E-state index < -0.39 is 0 Å². The maximum absolute atomic E-state index is 12.8. The molecule has 3 atom stereocenters. The summed E-state index contributed by atoms with van der Waals surface area (Å²) < 4.78 is 0. The SMILES string of the molecule is C[C@@H](CC(=O)[C@H]1[C@@H](C)C=CCC1(C)C)NNC(=O)c1ccncc1. The van der Waals surface area contributed by atoms with Crippen molar-refractivity contribution in [3.63, 3.8) is 0 Å². The fourth-order valence-electron chi connectivity index (χ4n) is 3.51. The Morgan fingerprint density at radius 1 is 1.33 bits per heavy atom. The summed E-state index contributed by atoms with van der Waals surface area (Å²) >= 11 is 0. The molecular formula is C19H27N3O2. The van der Waals surface area contributed by atoms with Gasteiger partial charge >= 0.3 is 0 Å². The Morgan fingerprint density at radius 2 is 2.00 bits per heavy atom. The third-order valence-electron chi connectivity index (χ3n) is 4.68. The monoisotopic (exact) mass is 329 g/mol. The van der Waals surface area contributed by atoms with Gasteiger partial charge in [0.05, 0.1) is 0 Å².